The quantitative estimate of drug-likeness (QED) is 0.298. The topological polar surface area (TPSA) is 109 Å². The number of nitrogens with zero attached hydrogens (tertiary/aromatic N) is 4. The van der Waals surface area contributed by atoms with E-state index in [4.69, 9.17) is 10.5 Å². The van der Waals surface area contributed by atoms with E-state index in [-0.39, 0.29) is 41.9 Å². The zero-order valence-electron chi connectivity index (χ0n) is 24.7. The minimum atomic E-state index is -0.675. The van der Waals surface area contributed by atoms with Crippen LogP contribution in [0, 0.1) is 23.4 Å². The Balaban J connectivity index is 0.987. The van der Waals surface area contributed by atoms with Gasteiger partial charge in [0.25, 0.3) is 5.91 Å². The maximum absolute atomic E-state index is 14.3. The molecule has 3 aliphatic rings. The van der Waals surface area contributed by atoms with Crippen LogP contribution in [0.2, 0.25) is 0 Å². The number of Topliss-reactive ketones (excluding diaryl/α,β-unsaturated/α-hetero) is 1. The maximum Gasteiger partial charge on any atom is 0.410 e. The molecule has 0 aliphatic carbocycles. The van der Waals surface area contributed by atoms with E-state index in [0.717, 1.165) is 12.1 Å². The molecule has 2 N–H and O–H groups in total. The Morgan fingerprint density at radius 2 is 1.56 bits per heavy atom. The molecule has 2 aromatic carbocycles. The molecule has 3 aromatic rings. The number of nitrogens with two attached hydrogens (primary N) is 1. The van der Waals surface area contributed by atoms with Crippen molar-refractivity contribution in [2.24, 2.45) is 5.92 Å². The number of likely N-dealkylation sites (tertiary alicyclic amines) is 2. The van der Waals surface area contributed by atoms with Gasteiger partial charge in [-0.05, 0) is 61.4 Å². The van der Waals surface area contributed by atoms with E-state index >= 15 is 0 Å². The number of ether oxygens (including phenoxy) is 1. The van der Waals surface area contributed by atoms with E-state index < -0.39 is 29.1 Å². The Labute approximate surface area is 258 Å². The lowest BCUT2D eigenvalue weighted by atomic mass is 9.88. The number of ketones is 1. The smallest absolute Gasteiger partial charge is 0.410 e. The van der Waals surface area contributed by atoms with Crippen LogP contribution in [0.4, 0.5) is 23.7 Å². The Morgan fingerprint density at radius 3 is 2.18 bits per heavy atom. The van der Waals surface area contributed by atoms with Crippen molar-refractivity contribution >= 4 is 23.5 Å². The molecular weight excluding hydrogens is 587 g/mol. The number of carbonyl (C=O) groups is 3. The van der Waals surface area contributed by atoms with Crippen molar-refractivity contribution in [1.82, 2.24) is 19.7 Å². The second-order valence-corrected chi connectivity index (χ2v) is 12.1. The number of pyridine rings is 1. The summed E-state index contributed by atoms with van der Waals surface area (Å²) in [5.74, 6) is -2.17. The van der Waals surface area contributed by atoms with Crippen LogP contribution in [0.5, 0.6) is 0 Å². The molecule has 9 nitrogen and oxygen atoms in total. The summed E-state index contributed by atoms with van der Waals surface area (Å²) in [4.78, 5) is 48.3. The number of benzene rings is 2. The molecule has 2 amide bonds. The van der Waals surface area contributed by atoms with Gasteiger partial charge in [-0.2, -0.15) is 0 Å². The first kappa shape index (κ1) is 30.6. The van der Waals surface area contributed by atoms with Gasteiger partial charge in [0.2, 0.25) is 0 Å². The first-order valence-corrected chi connectivity index (χ1v) is 15.1. The van der Waals surface area contributed by atoms with Crippen LogP contribution in [0.25, 0.3) is 0 Å². The summed E-state index contributed by atoms with van der Waals surface area (Å²) >= 11 is 0. The van der Waals surface area contributed by atoms with E-state index in [1.165, 1.54) is 30.5 Å². The van der Waals surface area contributed by atoms with Gasteiger partial charge < -0.3 is 15.4 Å². The number of aromatic nitrogens is 1. The molecule has 45 heavy (non-hydrogen) atoms. The van der Waals surface area contributed by atoms with Gasteiger partial charge in [0.05, 0.1) is 24.3 Å². The van der Waals surface area contributed by atoms with E-state index in [0.29, 0.717) is 75.2 Å². The molecule has 6 rings (SSSR count). The van der Waals surface area contributed by atoms with Gasteiger partial charge in [0.15, 0.2) is 5.78 Å². The Bertz CT molecular complexity index is 1560. The fourth-order valence-corrected chi connectivity index (χ4v) is 6.41. The van der Waals surface area contributed by atoms with Crippen LogP contribution < -0.4 is 5.73 Å². The highest BCUT2D eigenvalue weighted by atomic mass is 19.1. The van der Waals surface area contributed by atoms with Crippen LogP contribution in [0.3, 0.4) is 0 Å². The van der Waals surface area contributed by atoms with Crippen molar-refractivity contribution in [1.29, 1.82) is 0 Å². The van der Waals surface area contributed by atoms with Crippen molar-refractivity contribution in [3.63, 3.8) is 0 Å². The second-order valence-electron chi connectivity index (χ2n) is 12.1. The number of amides is 2. The third kappa shape index (κ3) is 6.65. The summed E-state index contributed by atoms with van der Waals surface area (Å²) < 4.78 is 47.5. The van der Waals surface area contributed by atoms with Gasteiger partial charge in [-0.3, -0.25) is 24.4 Å². The van der Waals surface area contributed by atoms with E-state index in [2.05, 4.69) is 4.98 Å². The largest absolute Gasteiger partial charge is 0.441 e. The summed E-state index contributed by atoms with van der Waals surface area (Å²) in [6, 6.07) is 11.2. The number of anilines is 1. The number of nitrogen functional groups attached to an aromatic ring is 1. The van der Waals surface area contributed by atoms with Crippen molar-refractivity contribution in [3.05, 3.63) is 94.6 Å². The van der Waals surface area contributed by atoms with Crippen molar-refractivity contribution in [2.75, 3.05) is 38.5 Å². The molecule has 1 aromatic heterocycles. The van der Waals surface area contributed by atoms with Crippen molar-refractivity contribution in [2.45, 2.75) is 44.4 Å². The second kappa shape index (κ2) is 12.5. The number of hydrogen-bond acceptors (Lipinski definition) is 7. The van der Waals surface area contributed by atoms with Gasteiger partial charge in [-0.15, -0.1) is 0 Å². The standard InChI is InChI=1S/C33H34F3N5O4/c34-24-4-1-21(2-5-24)30(42)22-7-11-40(12-8-22)31(43)23-3-6-26(38-17-23)18-41-20-33(45-32(41)44)9-13-39(14-10-33)19-27-28(35)15-25(37)16-29(27)36/h1-6,15-17,22H,7-14,18-20,37H2. The number of hydrogen-bond donors (Lipinski definition) is 1. The molecule has 1 spiro atoms. The first-order valence-electron chi connectivity index (χ1n) is 15.1. The van der Waals surface area contributed by atoms with Gasteiger partial charge in [0, 0.05) is 74.5 Å². The molecule has 0 saturated carbocycles. The van der Waals surface area contributed by atoms with Gasteiger partial charge in [-0.25, -0.2) is 18.0 Å². The summed E-state index contributed by atoms with van der Waals surface area (Å²) in [5, 5.41) is 0. The number of piperidine rings is 2. The van der Waals surface area contributed by atoms with Crippen LogP contribution in [-0.2, 0) is 17.8 Å². The van der Waals surface area contributed by atoms with E-state index in [1.54, 1.807) is 21.9 Å². The first-order chi connectivity index (χ1) is 21.6. The summed E-state index contributed by atoms with van der Waals surface area (Å²) in [6.07, 6.45) is 3.16. The van der Waals surface area contributed by atoms with Crippen LogP contribution in [-0.4, -0.2) is 75.8 Å². The van der Waals surface area contributed by atoms with Crippen LogP contribution in [0.1, 0.15) is 57.7 Å². The zero-order chi connectivity index (χ0) is 31.7. The van der Waals surface area contributed by atoms with Gasteiger partial charge >= 0.3 is 6.09 Å². The molecule has 0 radical (unpaired) electrons. The molecular formula is C33H34F3N5O4. The van der Waals surface area contributed by atoms with E-state index in [9.17, 15) is 27.6 Å². The summed E-state index contributed by atoms with van der Waals surface area (Å²) in [7, 11) is 0. The predicted octanol–water partition coefficient (Wildman–Crippen LogP) is 4.80. The maximum atomic E-state index is 14.3. The average Bonchev–Trinajstić information content (AvgIpc) is 3.33. The minimum Gasteiger partial charge on any atom is -0.441 e. The molecule has 12 heteroatoms. The lowest BCUT2D eigenvalue weighted by molar-refractivity contribution is -0.00165. The highest BCUT2D eigenvalue weighted by molar-refractivity contribution is 5.98. The highest BCUT2D eigenvalue weighted by Crippen LogP contribution is 2.35. The summed E-state index contributed by atoms with van der Waals surface area (Å²) in [6.45, 7) is 2.58. The normalized spacial score (nSPS) is 18.8. The van der Waals surface area contributed by atoms with Gasteiger partial charge in [0.1, 0.15) is 23.1 Å². The molecule has 0 atom stereocenters. The zero-order valence-corrected chi connectivity index (χ0v) is 24.7. The SMILES string of the molecule is Nc1cc(F)c(CN2CCC3(CC2)CN(Cc2ccc(C(=O)N4CCC(C(=O)c5ccc(F)cc5)CC4)cn2)C(=O)O3)c(F)c1. The highest BCUT2D eigenvalue weighted by Gasteiger charge is 2.47. The fraction of sp³-hybridized carbons (Fsp3) is 0.394. The molecule has 0 bridgehead atoms. The minimum absolute atomic E-state index is 0.0281. The van der Waals surface area contributed by atoms with Crippen molar-refractivity contribution in [3.8, 4) is 0 Å². The lowest BCUT2D eigenvalue weighted by Gasteiger charge is -2.37. The number of halogens is 3. The van der Waals surface area contributed by atoms with Crippen LogP contribution in [0.15, 0.2) is 54.7 Å². The van der Waals surface area contributed by atoms with Gasteiger partial charge in [-0.1, -0.05) is 0 Å². The Morgan fingerprint density at radius 1 is 0.911 bits per heavy atom. The Kier molecular flexibility index (Phi) is 8.50. The van der Waals surface area contributed by atoms with E-state index in [1.807, 2.05) is 4.90 Å². The lowest BCUT2D eigenvalue weighted by Crippen LogP contribution is -2.46. The molecule has 0 unspecified atom stereocenters. The monoisotopic (exact) mass is 621 g/mol. The molecule has 4 heterocycles. The molecule has 3 fully saturated rings. The Hall–Kier alpha value is -4.45. The molecule has 236 valence electrons. The number of carbonyl (C=O) groups excluding carboxylic acids is 3. The predicted molar refractivity (Wildman–Crippen MR) is 158 cm³/mol. The average molecular weight is 622 g/mol. The summed E-state index contributed by atoms with van der Waals surface area (Å²) in [5.41, 5.74) is 6.35. The molecule has 3 aliphatic heterocycles. The van der Waals surface area contributed by atoms with Crippen LogP contribution >= 0.6 is 0 Å². The fourth-order valence-electron chi connectivity index (χ4n) is 6.41. The van der Waals surface area contributed by atoms with Crippen molar-refractivity contribution < 1.29 is 32.3 Å². The third-order valence-corrected chi connectivity index (χ3v) is 9.06. The number of rotatable bonds is 7. The third-order valence-electron chi connectivity index (χ3n) is 9.06. The molecule has 3 saturated heterocycles.